The SMILES string of the molecule is O=C(CCl)N1Cc2ccc(CCCN3CCN(c4nsc5ccccc45)CC3)cc2C1. The van der Waals surface area contributed by atoms with Crippen molar-refractivity contribution in [1.82, 2.24) is 14.2 Å². The molecule has 2 aliphatic heterocycles. The molecule has 162 valence electrons. The average Bonchev–Trinajstić information content (AvgIpc) is 3.43. The van der Waals surface area contributed by atoms with E-state index in [2.05, 4.69) is 52.3 Å². The smallest absolute Gasteiger partial charge is 0.238 e. The first kappa shape index (κ1) is 20.7. The molecule has 0 unspecified atom stereocenters. The van der Waals surface area contributed by atoms with E-state index in [9.17, 15) is 4.79 Å². The van der Waals surface area contributed by atoms with Gasteiger partial charge in [-0.05, 0) is 59.7 Å². The number of nitrogens with zero attached hydrogens (tertiary/aromatic N) is 4. The van der Waals surface area contributed by atoms with Crippen molar-refractivity contribution >= 4 is 44.9 Å². The summed E-state index contributed by atoms with van der Waals surface area (Å²) < 4.78 is 5.98. The van der Waals surface area contributed by atoms with Gasteiger partial charge in [0.15, 0.2) is 0 Å². The van der Waals surface area contributed by atoms with Crippen LogP contribution in [0.4, 0.5) is 5.82 Å². The molecule has 1 fully saturated rings. The van der Waals surface area contributed by atoms with Crippen molar-refractivity contribution in [2.45, 2.75) is 25.9 Å². The second-order valence-electron chi connectivity index (χ2n) is 8.42. The summed E-state index contributed by atoms with van der Waals surface area (Å²) in [5, 5.41) is 1.28. The second-order valence-corrected chi connectivity index (χ2v) is 9.49. The fourth-order valence-corrected chi connectivity index (χ4v) is 5.62. The van der Waals surface area contributed by atoms with Gasteiger partial charge in [0.25, 0.3) is 0 Å². The number of hydrogen-bond acceptors (Lipinski definition) is 5. The van der Waals surface area contributed by atoms with E-state index in [4.69, 9.17) is 16.0 Å². The maximum Gasteiger partial charge on any atom is 0.238 e. The lowest BCUT2D eigenvalue weighted by Gasteiger charge is -2.35. The Kier molecular flexibility index (Phi) is 6.12. The van der Waals surface area contributed by atoms with Gasteiger partial charge in [-0.1, -0.05) is 30.3 Å². The minimum absolute atomic E-state index is 0.0178. The molecule has 5 nitrogen and oxygen atoms in total. The molecule has 2 aromatic carbocycles. The fourth-order valence-electron chi connectivity index (χ4n) is 4.65. The molecule has 1 saturated heterocycles. The largest absolute Gasteiger partial charge is 0.353 e. The molecule has 31 heavy (non-hydrogen) atoms. The molecule has 0 radical (unpaired) electrons. The summed E-state index contributed by atoms with van der Waals surface area (Å²) in [6.45, 7) is 6.77. The highest BCUT2D eigenvalue weighted by atomic mass is 35.5. The average molecular weight is 455 g/mol. The van der Waals surface area contributed by atoms with Crippen molar-refractivity contribution < 1.29 is 4.79 Å². The Hall–Kier alpha value is -2.15. The van der Waals surface area contributed by atoms with Crippen LogP contribution in [-0.2, 0) is 24.3 Å². The Morgan fingerprint density at radius 3 is 2.68 bits per heavy atom. The van der Waals surface area contributed by atoms with E-state index >= 15 is 0 Å². The summed E-state index contributed by atoms with van der Waals surface area (Å²) in [7, 11) is 0. The lowest BCUT2D eigenvalue weighted by Crippen LogP contribution is -2.46. The first-order chi connectivity index (χ1) is 15.2. The van der Waals surface area contributed by atoms with E-state index in [0.29, 0.717) is 13.1 Å². The van der Waals surface area contributed by atoms with Crippen molar-refractivity contribution in [1.29, 1.82) is 0 Å². The van der Waals surface area contributed by atoms with Crippen LogP contribution in [0.3, 0.4) is 0 Å². The molecule has 0 N–H and O–H groups in total. The predicted molar refractivity (Wildman–Crippen MR) is 128 cm³/mol. The number of carbonyl (C=O) groups excluding carboxylic acids is 1. The van der Waals surface area contributed by atoms with Crippen molar-refractivity contribution in [3.8, 4) is 0 Å². The molecule has 5 rings (SSSR count). The van der Waals surface area contributed by atoms with E-state index in [1.54, 1.807) is 11.5 Å². The molecular formula is C24H27ClN4OS. The quantitative estimate of drug-likeness (QED) is 0.525. The normalized spacial score (nSPS) is 16.8. The van der Waals surface area contributed by atoms with E-state index in [-0.39, 0.29) is 11.8 Å². The third kappa shape index (κ3) is 4.43. The molecule has 0 spiro atoms. The number of benzene rings is 2. The van der Waals surface area contributed by atoms with Crippen LogP contribution in [0.5, 0.6) is 0 Å². The first-order valence-electron chi connectivity index (χ1n) is 11.0. The highest BCUT2D eigenvalue weighted by Gasteiger charge is 2.23. The number of aromatic nitrogens is 1. The van der Waals surface area contributed by atoms with Crippen LogP contribution in [0, 0.1) is 0 Å². The Morgan fingerprint density at radius 1 is 1.03 bits per heavy atom. The number of hydrogen-bond donors (Lipinski definition) is 0. The van der Waals surface area contributed by atoms with Gasteiger partial charge in [0.05, 0.1) is 4.70 Å². The van der Waals surface area contributed by atoms with Gasteiger partial charge in [-0.2, -0.15) is 4.37 Å². The molecule has 1 amide bonds. The van der Waals surface area contributed by atoms with Gasteiger partial charge in [0.1, 0.15) is 11.7 Å². The Morgan fingerprint density at radius 2 is 1.84 bits per heavy atom. The zero-order chi connectivity index (χ0) is 21.2. The predicted octanol–water partition coefficient (Wildman–Crippen LogP) is 4.13. The van der Waals surface area contributed by atoms with Gasteiger partial charge in [-0.15, -0.1) is 11.6 Å². The van der Waals surface area contributed by atoms with Gasteiger partial charge in [0, 0.05) is 44.7 Å². The number of fused-ring (bicyclic) bond motifs is 2. The molecule has 3 heterocycles. The van der Waals surface area contributed by atoms with Crippen LogP contribution in [0.15, 0.2) is 42.5 Å². The van der Waals surface area contributed by atoms with Crippen LogP contribution in [0.2, 0.25) is 0 Å². The maximum absolute atomic E-state index is 11.9. The number of carbonyl (C=O) groups is 1. The van der Waals surface area contributed by atoms with Crippen molar-refractivity contribution in [2.24, 2.45) is 0 Å². The molecule has 0 saturated carbocycles. The summed E-state index contributed by atoms with van der Waals surface area (Å²) in [5.41, 5.74) is 3.90. The van der Waals surface area contributed by atoms with Gasteiger partial charge in [-0.3, -0.25) is 9.69 Å². The molecular weight excluding hydrogens is 428 g/mol. The summed E-state index contributed by atoms with van der Waals surface area (Å²) in [5.74, 6) is 1.23. The molecule has 3 aromatic rings. The number of piperazine rings is 1. The second kappa shape index (κ2) is 9.15. The number of aryl methyl sites for hydroxylation is 1. The minimum atomic E-state index is 0.0178. The van der Waals surface area contributed by atoms with Crippen LogP contribution < -0.4 is 4.90 Å². The van der Waals surface area contributed by atoms with E-state index in [1.807, 2.05) is 4.90 Å². The Bertz CT molecular complexity index is 1080. The van der Waals surface area contributed by atoms with Gasteiger partial charge >= 0.3 is 0 Å². The topological polar surface area (TPSA) is 39.7 Å². The summed E-state index contributed by atoms with van der Waals surface area (Å²) in [6, 6.07) is 15.2. The van der Waals surface area contributed by atoms with Crippen molar-refractivity contribution in [2.75, 3.05) is 43.5 Å². The number of halogens is 1. The third-order valence-electron chi connectivity index (χ3n) is 6.43. The van der Waals surface area contributed by atoms with E-state index in [0.717, 1.165) is 51.4 Å². The van der Waals surface area contributed by atoms with Gasteiger partial charge in [0.2, 0.25) is 5.91 Å². The maximum atomic E-state index is 11.9. The zero-order valence-corrected chi connectivity index (χ0v) is 19.2. The highest BCUT2D eigenvalue weighted by Crippen LogP contribution is 2.30. The zero-order valence-electron chi connectivity index (χ0n) is 17.6. The first-order valence-corrected chi connectivity index (χ1v) is 12.3. The summed E-state index contributed by atoms with van der Waals surface area (Å²) in [4.78, 5) is 18.7. The van der Waals surface area contributed by atoms with Crippen molar-refractivity contribution in [3.05, 3.63) is 59.2 Å². The fraction of sp³-hybridized carbons (Fsp3) is 0.417. The lowest BCUT2D eigenvalue weighted by molar-refractivity contribution is -0.129. The molecule has 2 aliphatic rings. The number of amides is 1. The number of rotatable bonds is 6. The third-order valence-corrected chi connectivity index (χ3v) is 7.48. The van der Waals surface area contributed by atoms with Gasteiger partial charge in [-0.25, -0.2) is 0 Å². The minimum Gasteiger partial charge on any atom is -0.353 e. The molecule has 0 aliphatic carbocycles. The monoisotopic (exact) mass is 454 g/mol. The van der Waals surface area contributed by atoms with Gasteiger partial charge < -0.3 is 9.80 Å². The van der Waals surface area contributed by atoms with Crippen LogP contribution in [0.1, 0.15) is 23.1 Å². The molecule has 0 bridgehead atoms. The summed E-state index contributed by atoms with van der Waals surface area (Å²) >= 11 is 7.31. The Balaban J connectivity index is 1.10. The van der Waals surface area contributed by atoms with Crippen LogP contribution >= 0.6 is 23.1 Å². The number of anilines is 1. The molecule has 7 heteroatoms. The van der Waals surface area contributed by atoms with Crippen LogP contribution in [-0.4, -0.2) is 58.7 Å². The standard InChI is InChI=1S/C24H27ClN4OS/c25-15-23(30)29-16-19-8-7-18(14-20(19)17-29)4-3-9-27-10-12-28(13-11-27)24-21-5-1-2-6-22(21)31-26-24/h1-2,5-8,14H,3-4,9-13,15-17H2. The summed E-state index contributed by atoms with van der Waals surface area (Å²) in [6.07, 6.45) is 2.23. The number of alkyl halides is 1. The Labute approximate surface area is 192 Å². The van der Waals surface area contributed by atoms with Crippen LogP contribution in [0.25, 0.3) is 10.1 Å². The molecule has 0 atom stereocenters. The van der Waals surface area contributed by atoms with E-state index < -0.39 is 0 Å². The molecule has 1 aromatic heterocycles. The lowest BCUT2D eigenvalue weighted by atomic mass is 10.0. The van der Waals surface area contributed by atoms with E-state index in [1.165, 1.54) is 26.8 Å². The van der Waals surface area contributed by atoms with Crippen molar-refractivity contribution in [3.63, 3.8) is 0 Å². The highest BCUT2D eigenvalue weighted by molar-refractivity contribution is 7.13.